The minimum Gasteiger partial charge on any atom is -0.377 e. The van der Waals surface area contributed by atoms with E-state index >= 15 is 0 Å². The van der Waals surface area contributed by atoms with E-state index in [9.17, 15) is 4.79 Å². The van der Waals surface area contributed by atoms with E-state index in [0.717, 1.165) is 29.2 Å². The largest absolute Gasteiger partial charge is 0.377 e. The highest BCUT2D eigenvalue weighted by Gasteiger charge is 2.01. The number of nitrogens with one attached hydrogen (secondary N) is 1. The predicted molar refractivity (Wildman–Crippen MR) is 99.9 cm³/mol. The molecule has 0 radical (unpaired) electrons. The lowest BCUT2D eigenvalue weighted by Gasteiger charge is -2.08. The van der Waals surface area contributed by atoms with Crippen LogP contribution in [0.5, 0.6) is 0 Å². The lowest BCUT2D eigenvalue weighted by molar-refractivity contribution is -0.111. The van der Waals surface area contributed by atoms with Crippen LogP contribution in [0.15, 0.2) is 42.0 Å². The highest BCUT2D eigenvalue weighted by atomic mass is 32.1. The van der Waals surface area contributed by atoms with Gasteiger partial charge in [-0.15, -0.1) is 11.3 Å². The minimum absolute atomic E-state index is 0.154. The Hall–Kier alpha value is -1.98. The molecule has 1 amide bonds. The quantitative estimate of drug-likeness (QED) is 0.527. The third-order valence-electron chi connectivity index (χ3n) is 3.38. The summed E-state index contributed by atoms with van der Waals surface area (Å²) in [4.78, 5) is 16.9. The Morgan fingerprint density at radius 1 is 1.42 bits per heavy atom. The van der Waals surface area contributed by atoms with Crippen LogP contribution in [0.2, 0.25) is 0 Å². The molecule has 4 nitrogen and oxygen atoms in total. The lowest BCUT2D eigenvalue weighted by Crippen LogP contribution is -2.08. The first-order valence-corrected chi connectivity index (χ1v) is 9.05. The lowest BCUT2D eigenvalue weighted by atomic mass is 10.1. The molecule has 128 valence electrons. The third kappa shape index (κ3) is 7.06. The van der Waals surface area contributed by atoms with Crippen molar-refractivity contribution in [2.24, 2.45) is 5.92 Å². The van der Waals surface area contributed by atoms with Gasteiger partial charge in [0.05, 0.1) is 12.1 Å². The van der Waals surface area contributed by atoms with E-state index in [2.05, 4.69) is 24.1 Å². The maximum atomic E-state index is 11.9. The van der Waals surface area contributed by atoms with E-state index in [4.69, 9.17) is 4.74 Å². The van der Waals surface area contributed by atoms with Gasteiger partial charge in [-0.3, -0.25) is 9.78 Å². The average Bonchev–Trinajstić information content (AvgIpc) is 3.06. The van der Waals surface area contributed by atoms with Crippen LogP contribution in [-0.2, 0) is 16.1 Å². The molecule has 0 fully saturated rings. The van der Waals surface area contributed by atoms with E-state index in [-0.39, 0.29) is 5.91 Å². The molecule has 1 aromatic carbocycles. The second-order valence-electron chi connectivity index (χ2n) is 6.02. The van der Waals surface area contributed by atoms with E-state index in [0.29, 0.717) is 12.5 Å². The summed E-state index contributed by atoms with van der Waals surface area (Å²) in [5, 5.41) is 2.86. The van der Waals surface area contributed by atoms with Crippen molar-refractivity contribution in [3.8, 4) is 0 Å². The van der Waals surface area contributed by atoms with Crippen LogP contribution < -0.4 is 5.32 Å². The number of aromatic nitrogens is 1. The number of amides is 1. The Morgan fingerprint density at radius 2 is 2.29 bits per heavy atom. The van der Waals surface area contributed by atoms with Gasteiger partial charge in [-0.2, -0.15) is 0 Å². The summed E-state index contributed by atoms with van der Waals surface area (Å²) in [5.74, 6) is 0.559. The highest BCUT2D eigenvalue weighted by molar-refractivity contribution is 7.10. The normalized spacial score (nSPS) is 11.3. The molecule has 0 aliphatic rings. The molecule has 24 heavy (non-hydrogen) atoms. The molecule has 1 aromatic heterocycles. The van der Waals surface area contributed by atoms with Crippen molar-refractivity contribution in [2.75, 3.05) is 11.9 Å². The van der Waals surface area contributed by atoms with Gasteiger partial charge in [0.15, 0.2) is 0 Å². The van der Waals surface area contributed by atoms with E-state index in [1.54, 1.807) is 17.8 Å². The number of benzene rings is 1. The van der Waals surface area contributed by atoms with Gasteiger partial charge in [0.1, 0.15) is 0 Å². The monoisotopic (exact) mass is 344 g/mol. The predicted octanol–water partition coefficient (Wildman–Crippen LogP) is 4.75. The van der Waals surface area contributed by atoms with Crippen molar-refractivity contribution in [3.63, 3.8) is 0 Å². The van der Waals surface area contributed by atoms with Crippen LogP contribution in [0.4, 0.5) is 5.69 Å². The van der Waals surface area contributed by atoms with Gasteiger partial charge in [0, 0.05) is 29.4 Å². The highest BCUT2D eigenvalue weighted by Crippen LogP contribution is 2.13. The Balaban J connectivity index is 1.78. The zero-order valence-corrected chi connectivity index (χ0v) is 15.0. The van der Waals surface area contributed by atoms with Crippen LogP contribution in [-0.4, -0.2) is 17.5 Å². The van der Waals surface area contributed by atoms with Crippen molar-refractivity contribution in [2.45, 2.75) is 33.3 Å². The average molecular weight is 344 g/mol. The van der Waals surface area contributed by atoms with Gasteiger partial charge in [0.2, 0.25) is 5.91 Å². The molecule has 1 heterocycles. The minimum atomic E-state index is -0.154. The van der Waals surface area contributed by atoms with Gasteiger partial charge in [0.25, 0.3) is 0 Å². The molecular weight excluding hydrogens is 320 g/mol. The number of hydrogen-bond acceptors (Lipinski definition) is 4. The fourth-order valence-electron chi connectivity index (χ4n) is 2.17. The van der Waals surface area contributed by atoms with E-state index < -0.39 is 0 Å². The first kappa shape index (κ1) is 18.4. The topological polar surface area (TPSA) is 51.2 Å². The summed E-state index contributed by atoms with van der Waals surface area (Å²) in [7, 11) is 0. The number of nitrogens with zero attached hydrogens (tertiary/aromatic N) is 1. The molecule has 2 rings (SSSR count). The van der Waals surface area contributed by atoms with Gasteiger partial charge in [-0.25, -0.2) is 0 Å². The number of ether oxygens (including phenoxy) is 1. The first-order chi connectivity index (χ1) is 11.6. The summed E-state index contributed by atoms with van der Waals surface area (Å²) in [6, 6.07) is 7.75. The molecular formula is C19H24N2O2S. The summed E-state index contributed by atoms with van der Waals surface area (Å²) in [6.45, 7) is 5.77. The number of carbonyl (C=O) groups excluding carboxylic acids is 1. The molecule has 0 saturated carbocycles. The second kappa shape index (κ2) is 10.0. The maximum absolute atomic E-state index is 11.9. The van der Waals surface area contributed by atoms with Crippen molar-refractivity contribution >= 4 is 29.0 Å². The van der Waals surface area contributed by atoms with Gasteiger partial charge in [-0.1, -0.05) is 26.0 Å². The molecule has 0 unspecified atom stereocenters. The molecule has 2 aromatic rings. The van der Waals surface area contributed by atoms with Crippen molar-refractivity contribution in [1.82, 2.24) is 4.98 Å². The van der Waals surface area contributed by atoms with Crippen LogP contribution in [0.1, 0.15) is 37.1 Å². The standard InChI is InChI=1S/C19H24N2O2S/c1-15(2)5-4-10-23-13-16-6-3-7-17(11-16)21-19(22)9-8-18-12-20-14-24-18/h3,6-9,11-12,14-15H,4-5,10,13H2,1-2H3,(H,21,22)/b9-8+. The Morgan fingerprint density at radius 3 is 3.04 bits per heavy atom. The summed E-state index contributed by atoms with van der Waals surface area (Å²) >= 11 is 1.49. The number of rotatable bonds is 9. The summed E-state index contributed by atoms with van der Waals surface area (Å²) < 4.78 is 5.69. The van der Waals surface area contributed by atoms with Gasteiger partial charge >= 0.3 is 0 Å². The van der Waals surface area contributed by atoms with Crippen LogP contribution >= 0.6 is 11.3 Å². The van der Waals surface area contributed by atoms with Crippen molar-refractivity contribution in [1.29, 1.82) is 0 Å². The Kier molecular flexibility index (Phi) is 7.65. The second-order valence-corrected chi connectivity index (χ2v) is 6.93. The molecule has 0 atom stereocenters. The molecule has 0 saturated heterocycles. The zero-order valence-electron chi connectivity index (χ0n) is 14.2. The SMILES string of the molecule is CC(C)CCCOCc1cccc(NC(=O)/C=C/c2cncs2)c1. The van der Waals surface area contributed by atoms with Crippen molar-refractivity contribution < 1.29 is 9.53 Å². The number of carbonyl (C=O) groups is 1. The zero-order chi connectivity index (χ0) is 17.2. The van der Waals surface area contributed by atoms with Crippen LogP contribution in [0.25, 0.3) is 6.08 Å². The van der Waals surface area contributed by atoms with Crippen LogP contribution in [0.3, 0.4) is 0 Å². The Bertz CT molecular complexity index is 651. The van der Waals surface area contributed by atoms with Gasteiger partial charge < -0.3 is 10.1 Å². The molecule has 5 heteroatoms. The molecule has 1 N–H and O–H groups in total. The number of anilines is 1. The Labute approximate surface area is 147 Å². The maximum Gasteiger partial charge on any atom is 0.248 e. The molecule has 0 spiro atoms. The summed E-state index contributed by atoms with van der Waals surface area (Å²) in [6.07, 6.45) is 7.27. The van der Waals surface area contributed by atoms with Gasteiger partial charge in [-0.05, 0) is 42.5 Å². The molecule has 0 bridgehead atoms. The van der Waals surface area contributed by atoms with E-state index in [1.165, 1.54) is 23.8 Å². The smallest absolute Gasteiger partial charge is 0.248 e. The molecule has 0 aliphatic heterocycles. The number of hydrogen-bond donors (Lipinski definition) is 1. The van der Waals surface area contributed by atoms with Crippen LogP contribution in [0, 0.1) is 5.92 Å². The first-order valence-electron chi connectivity index (χ1n) is 8.17. The fourth-order valence-corrected chi connectivity index (χ4v) is 2.68. The fraction of sp³-hybridized carbons (Fsp3) is 0.368. The summed E-state index contributed by atoms with van der Waals surface area (Å²) in [5.41, 5.74) is 3.57. The van der Waals surface area contributed by atoms with E-state index in [1.807, 2.05) is 24.3 Å². The number of thiazole rings is 1. The van der Waals surface area contributed by atoms with Crippen molar-refractivity contribution in [3.05, 3.63) is 52.5 Å². The molecule has 0 aliphatic carbocycles. The third-order valence-corrected chi connectivity index (χ3v) is 4.12.